The van der Waals surface area contributed by atoms with Crippen LogP contribution in [0.4, 0.5) is 21.8 Å². The molecule has 0 aliphatic rings. The number of benzene rings is 2. The summed E-state index contributed by atoms with van der Waals surface area (Å²) in [7, 11) is 1.63. The van der Waals surface area contributed by atoms with Gasteiger partial charge in [0, 0.05) is 18.4 Å². The highest BCUT2D eigenvalue weighted by molar-refractivity contribution is 5.55. The van der Waals surface area contributed by atoms with Crippen LogP contribution in [-0.2, 0) is 6.42 Å². The Morgan fingerprint density at radius 2 is 1.84 bits per heavy atom. The lowest BCUT2D eigenvalue weighted by molar-refractivity contribution is 0.415. The van der Waals surface area contributed by atoms with Crippen LogP contribution in [0.3, 0.4) is 0 Å². The molecule has 0 saturated heterocycles. The Kier molecular flexibility index (Phi) is 5.41. The molecule has 5 nitrogen and oxygen atoms in total. The Hall–Kier alpha value is -3.15. The molecule has 6 heteroatoms. The molecule has 3 aromatic rings. The minimum atomic E-state index is -0.186. The van der Waals surface area contributed by atoms with E-state index >= 15 is 0 Å². The van der Waals surface area contributed by atoms with Crippen LogP contribution in [0.1, 0.15) is 5.56 Å². The monoisotopic (exact) mass is 338 g/mol. The molecule has 0 radical (unpaired) electrons. The van der Waals surface area contributed by atoms with Gasteiger partial charge in [-0.05, 0) is 48.4 Å². The molecule has 3 rings (SSSR count). The molecule has 128 valence electrons. The number of aromatic nitrogens is 2. The summed E-state index contributed by atoms with van der Waals surface area (Å²) >= 11 is 0. The summed E-state index contributed by atoms with van der Waals surface area (Å²) in [5, 5.41) is 6.32. The van der Waals surface area contributed by atoms with Crippen molar-refractivity contribution in [2.75, 3.05) is 24.3 Å². The van der Waals surface area contributed by atoms with Crippen molar-refractivity contribution in [2.45, 2.75) is 6.42 Å². The van der Waals surface area contributed by atoms with E-state index in [0.29, 0.717) is 30.3 Å². The van der Waals surface area contributed by atoms with Crippen LogP contribution >= 0.6 is 0 Å². The van der Waals surface area contributed by atoms with Gasteiger partial charge in [0.25, 0.3) is 0 Å². The molecule has 1 heterocycles. The van der Waals surface area contributed by atoms with Gasteiger partial charge in [0.15, 0.2) is 0 Å². The molecule has 0 amide bonds. The molecule has 0 fully saturated rings. The van der Waals surface area contributed by atoms with E-state index < -0.39 is 0 Å². The van der Waals surface area contributed by atoms with Crippen molar-refractivity contribution in [3.8, 4) is 5.75 Å². The van der Waals surface area contributed by atoms with Crippen molar-refractivity contribution in [3.05, 3.63) is 72.2 Å². The van der Waals surface area contributed by atoms with Crippen molar-refractivity contribution in [1.29, 1.82) is 0 Å². The number of ether oxygens (including phenoxy) is 1. The maximum absolute atomic E-state index is 13.6. The highest BCUT2D eigenvalue weighted by Gasteiger charge is 2.03. The summed E-state index contributed by atoms with van der Waals surface area (Å²) < 4.78 is 18.7. The molecule has 0 aliphatic heterocycles. The van der Waals surface area contributed by atoms with Crippen LogP contribution < -0.4 is 15.4 Å². The number of nitrogens with one attached hydrogen (secondary N) is 2. The molecule has 0 bridgehead atoms. The molecule has 0 atom stereocenters. The topological polar surface area (TPSA) is 59.1 Å². The Morgan fingerprint density at radius 3 is 2.60 bits per heavy atom. The maximum Gasteiger partial charge on any atom is 0.229 e. The average Bonchev–Trinajstić information content (AvgIpc) is 2.64. The highest BCUT2D eigenvalue weighted by Crippen LogP contribution is 2.18. The lowest BCUT2D eigenvalue weighted by atomic mass is 10.1. The normalized spacial score (nSPS) is 10.3. The predicted octanol–water partition coefficient (Wildman–Crippen LogP) is 4.02. The quantitative estimate of drug-likeness (QED) is 0.681. The highest BCUT2D eigenvalue weighted by atomic mass is 19.1. The predicted molar refractivity (Wildman–Crippen MR) is 96.9 cm³/mol. The molecule has 2 N–H and O–H groups in total. The largest absolute Gasteiger partial charge is 0.497 e. The van der Waals surface area contributed by atoms with Gasteiger partial charge in [0.1, 0.15) is 17.4 Å². The fraction of sp³-hybridized carbons (Fsp3) is 0.158. The number of hydrogen-bond donors (Lipinski definition) is 2. The summed E-state index contributed by atoms with van der Waals surface area (Å²) in [5.41, 5.74) is 1.55. The Morgan fingerprint density at radius 1 is 1.04 bits per heavy atom. The number of rotatable bonds is 7. The first-order chi connectivity index (χ1) is 12.2. The molecular weight excluding hydrogens is 319 g/mol. The van der Waals surface area contributed by atoms with Gasteiger partial charge in [-0.1, -0.05) is 18.2 Å². The minimum Gasteiger partial charge on any atom is -0.497 e. The number of methoxy groups -OCH3 is 1. The summed E-state index contributed by atoms with van der Waals surface area (Å²) in [5.74, 6) is 1.77. The van der Waals surface area contributed by atoms with Crippen molar-refractivity contribution in [1.82, 2.24) is 9.97 Å². The number of hydrogen-bond acceptors (Lipinski definition) is 5. The molecule has 0 saturated carbocycles. The van der Waals surface area contributed by atoms with Crippen LogP contribution in [-0.4, -0.2) is 23.6 Å². The van der Waals surface area contributed by atoms with Crippen molar-refractivity contribution < 1.29 is 9.13 Å². The third-order valence-corrected chi connectivity index (χ3v) is 3.66. The fourth-order valence-corrected chi connectivity index (χ4v) is 2.35. The molecule has 2 aromatic carbocycles. The van der Waals surface area contributed by atoms with E-state index in [1.807, 2.05) is 30.3 Å². The lowest BCUT2D eigenvalue weighted by Crippen LogP contribution is -2.08. The third kappa shape index (κ3) is 4.67. The van der Waals surface area contributed by atoms with Crippen molar-refractivity contribution in [3.63, 3.8) is 0 Å². The molecule has 0 spiro atoms. The second-order valence-electron chi connectivity index (χ2n) is 5.39. The SMILES string of the molecule is COc1ccc(Nc2nccc(NCCc3ccccc3F)n2)cc1. The zero-order valence-corrected chi connectivity index (χ0v) is 13.9. The third-order valence-electron chi connectivity index (χ3n) is 3.66. The van der Waals surface area contributed by atoms with Gasteiger partial charge in [-0.3, -0.25) is 0 Å². The van der Waals surface area contributed by atoms with Crippen LogP contribution in [0.15, 0.2) is 60.8 Å². The van der Waals surface area contributed by atoms with E-state index in [0.717, 1.165) is 11.4 Å². The summed E-state index contributed by atoms with van der Waals surface area (Å²) in [6.07, 6.45) is 2.25. The summed E-state index contributed by atoms with van der Waals surface area (Å²) in [6.45, 7) is 0.583. The smallest absolute Gasteiger partial charge is 0.229 e. The average molecular weight is 338 g/mol. The van der Waals surface area contributed by atoms with E-state index in [-0.39, 0.29) is 5.82 Å². The van der Waals surface area contributed by atoms with E-state index in [2.05, 4.69) is 20.6 Å². The zero-order valence-electron chi connectivity index (χ0n) is 13.9. The minimum absolute atomic E-state index is 0.186. The molecule has 0 unspecified atom stereocenters. The van der Waals surface area contributed by atoms with Gasteiger partial charge in [-0.25, -0.2) is 9.37 Å². The first-order valence-electron chi connectivity index (χ1n) is 7.96. The van der Waals surface area contributed by atoms with Crippen LogP contribution in [0.2, 0.25) is 0 Å². The lowest BCUT2D eigenvalue weighted by Gasteiger charge is -2.09. The van der Waals surface area contributed by atoms with Gasteiger partial charge in [0.05, 0.1) is 7.11 Å². The Bertz CT molecular complexity index is 824. The summed E-state index contributed by atoms with van der Waals surface area (Å²) in [4.78, 5) is 8.61. The van der Waals surface area contributed by atoms with Crippen molar-refractivity contribution >= 4 is 17.5 Å². The van der Waals surface area contributed by atoms with Crippen LogP contribution in [0.5, 0.6) is 5.75 Å². The number of halogens is 1. The maximum atomic E-state index is 13.6. The van der Waals surface area contributed by atoms with E-state index in [1.54, 1.807) is 31.5 Å². The first-order valence-corrected chi connectivity index (χ1v) is 7.96. The van der Waals surface area contributed by atoms with Gasteiger partial charge in [-0.2, -0.15) is 4.98 Å². The zero-order chi connectivity index (χ0) is 17.5. The van der Waals surface area contributed by atoms with Crippen LogP contribution in [0.25, 0.3) is 0 Å². The molecule has 0 aliphatic carbocycles. The van der Waals surface area contributed by atoms with E-state index in [4.69, 9.17) is 4.74 Å². The second-order valence-corrected chi connectivity index (χ2v) is 5.39. The van der Waals surface area contributed by atoms with Crippen LogP contribution in [0, 0.1) is 5.82 Å². The number of anilines is 3. The van der Waals surface area contributed by atoms with E-state index in [1.165, 1.54) is 6.07 Å². The number of nitrogens with zero attached hydrogens (tertiary/aromatic N) is 2. The van der Waals surface area contributed by atoms with E-state index in [9.17, 15) is 4.39 Å². The summed E-state index contributed by atoms with van der Waals surface area (Å²) in [6, 6.07) is 16.1. The second kappa shape index (κ2) is 8.10. The van der Waals surface area contributed by atoms with Gasteiger partial charge in [0.2, 0.25) is 5.95 Å². The molecular formula is C19H19FN4O. The fourth-order valence-electron chi connectivity index (χ4n) is 2.35. The standard InChI is InChI=1S/C19H19FN4O/c1-25-16-8-6-15(7-9-16)23-19-22-13-11-18(24-19)21-12-10-14-4-2-3-5-17(14)20/h2-9,11,13H,10,12H2,1H3,(H2,21,22,23,24). The van der Waals surface area contributed by atoms with Gasteiger partial charge in [-0.15, -0.1) is 0 Å². The van der Waals surface area contributed by atoms with Crippen molar-refractivity contribution in [2.24, 2.45) is 0 Å². The first kappa shape index (κ1) is 16.7. The Labute approximate surface area is 145 Å². The molecule has 25 heavy (non-hydrogen) atoms. The molecule has 1 aromatic heterocycles. The van der Waals surface area contributed by atoms with Gasteiger partial charge >= 0.3 is 0 Å². The Balaban J connectivity index is 1.58. The van der Waals surface area contributed by atoms with Gasteiger partial charge < -0.3 is 15.4 Å².